The predicted octanol–water partition coefficient (Wildman–Crippen LogP) is 1.90. The van der Waals surface area contributed by atoms with Crippen LogP contribution in [-0.2, 0) is 13.1 Å². The Bertz CT molecular complexity index is 670. The summed E-state index contributed by atoms with van der Waals surface area (Å²) in [6.07, 6.45) is 5.07. The van der Waals surface area contributed by atoms with Crippen molar-refractivity contribution in [1.29, 1.82) is 0 Å². The van der Waals surface area contributed by atoms with Gasteiger partial charge in [0.25, 0.3) is 0 Å². The average Bonchev–Trinajstić information content (AvgIpc) is 3.01. The molecule has 1 N–H and O–H groups in total. The van der Waals surface area contributed by atoms with Gasteiger partial charge >= 0.3 is 5.69 Å². The molecule has 0 saturated carbocycles. The maximum atomic E-state index is 12.1. The van der Waals surface area contributed by atoms with Crippen LogP contribution in [0.15, 0.2) is 28.6 Å². The van der Waals surface area contributed by atoms with Crippen molar-refractivity contribution in [2.24, 2.45) is 0 Å². The van der Waals surface area contributed by atoms with Gasteiger partial charge in [-0.25, -0.2) is 4.79 Å². The molecule has 0 fully saturated rings. The van der Waals surface area contributed by atoms with Gasteiger partial charge in [0.1, 0.15) is 0 Å². The van der Waals surface area contributed by atoms with Gasteiger partial charge in [-0.05, 0) is 17.9 Å². The van der Waals surface area contributed by atoms with Gasteiger partial charge in [-0.3, -0.25) is 9.13 Å². The molecule has 0 aromatic carbocycles. The third-order valence-electron chi connectivity index (χ3n) is 2.90. The van der Waals surface area contributed by atoms with Crippen molar-refractivity contribution in [3.05, 3.63) is 44.8 Å². The van der Waals surface area contributed by atoms with E-state index in [0.29, 0.717) is 13.0 Å². The topological polar surface area (TPSA) is 47.2 Å². The standard InChI is InChI=1S/C15H18N2O2S/c1-2-7-16-8-9-17(15(16)19)12-14-13(6-11-20-14)5-3-4-10-18/h6,8-9,11,18H,2,4,7,10,12H2,1H3. The first-order chi connectivity index (χ1) is 9.76. The van der Waals surface area contributed by atoms with E-state index in [2.05, 4.69) is 18.8 Å². The van der Waals surface area contributed by atoms with Crippen LogP contribution < -0.4 is 5.69 Å². The first-order valence-electron chi connectivity index (χ1n) is 6.68. The molecule has 0 unspecified atom stereocenters. The highest BCUT2D eigenvalue weighted by Crippen LogP contribution is 2.16. The summed E-state index contributed by atoms with van der Waals surface area (Å²) in [5, 5.41) is 10.7. The fourth-order valence-electron chi connectivity index (χ4n) is 1.93. The highest BCUT2D eigenvalue weighted by atomic mass is 32.1. The molecule has 4 nitrogen and oxygen atoms in total. The van der Waals surface area contributed by atoms with E-state index < -0.39 is 0 Å². The molecule has 2 aromatic heterocycles. The van der Waals surface area contributed by atoms with Crippen molar-refractivity contribution < 1.29 is 5.11 Å². The minimum Gasteiger partial charge on any atom is -0.395 e. The summed E-state index contributed by atoms with van der Waals surface area (Å²) < 4.78 is 3.43. The summed E-state index contributed by atoms with van der Waals surface area (Å²) in [7, 11) is 0. The minimum atomic E-state index is 0.0227. The van der Waals surface area contributed by atoms with E-state index in [1.54, 1.807) is 20.5 Å². The smallest absolute Gasteiger partial charge is 0.328 e. The number of aromatic nitrogens is 2. The normalized spacial score (nSPS) is 10.3. The van der Waals surface area contributed by atoms with Crippen molar-refractivity contribution in [2.75, 3.05) is 6.61 Å². The van der Waals surface area contributed by atoms with E-state index in [0.717, 1.165) is 23.4 Å². The number of nitrogens with zero attached hydrogens (tertiary/aromatic N) is 2. The van der Waals surface area contributed by atoms with Crippen LogP contribution in [0.2, 0.25) is 0 Å². The summed E-state index contributed by atoms with van der Waals surface area (Å²) in [4.78, 5) is 13.2. The Balaban J connectivity index is 2.17. The quantitative estimate of drug-likeness (QED) is 0.855. The molecule has 2 rings (SSSR count). The summed E-state index contributed by atoms with van der Waals surface area (Å²) in [5.41, 5.74) is 0.966. The summed E-state index contributed by atoms with van der Waals surface area (Å²) in [6, 6.07) is 1.96. The SMILES string of the molecule is CCCn1ccn(Cc2sccc2C#CCCO)c1=O. The van der Waals surface area contributed by atoms with E-state index in [1.807, 2.05) is 23.8 Å². The number of hydrogen-bond acceptors (Lipinski definition) is 3. The largest absolute Gasteiger partial charge is 0.395 e. The average molecular weight is 290 g/mol. The van der Waals surface area contributed by atoms with E-state index in [9.17, 15) is 4.79 Å². The van der Waals surface area contributed by atoms with E-state index in [1.165, 1.54) is 0 Å². The molecule has 2 aromatic rings. The Labute approximate surface area is 122 Å². The lowest BCUT2D eigenvalue weighted by Gasteiger charge is -2.00. The van der Waals surface area contributed by atoms with Gasteiger partial charge in [0, 0.05) is 35.8 Å². The number of imidazole rings is 1. The lowest BCUT2D eigenvalue weighted by atomic mass is 10.2. The predicted molar refractivity (Wildman–Crippen MR) is 81.0 cm³/mol. The van der Waals surface area contributed by atoms with Gasteiger partial charge in [0.15, 0.2) is 0 Å². The fraction of sp³-hybridized carbons (Fsp3) is 0.400. The fourth-order valence-corrected chi connectivity index (χ4v) is 2.76. The molecule has 0 radical (unpaired) electrons. The van der Waals surface area contributed by atoms with Gasteiger partial charge in [0.05, 0.1) is 13.2 Å². The van der Waals surface area contributed by atoms with Crippen molar-refractivity contribution in [3.63, 3.8) is 0 Å². The van der Waals surface area contributed by atoms with Gasteiger partial charge in [-0.1, -0.05) is 18.8 Å². The van der Waals surface area contributed by atoms with Crippen LogP contribution in [0.5, 0.6) is 0 Å². The Kier molecular flexibility index (Phi) is 5.22. The number of thiophene rings is 1. The first-order valence-corrected chi connectivity index (χ1v) is 7.56. The van der Waals surface area contributed by atoms with Crippen molar-refractivity contribution in [2.45, 2.75) is 32.9 Å². The van der Waals surface area contributed by atoms with Crippen LogP contribution in [0.3, 0.4) is 0 Å². The van der Waals surface area contributed by atoms with Crippen LogP contribution in [0.4, 0.5) is 0 Å². The first kappa shape index (κ1) is 14.6. The van der Waals surface area contributed by atoms with E-state index in [-0.39, 0.29) is 12.3 Å². The molecule has 0 spiro atoms. The molecular weight excluding hydrogens is 272 g/mol. The summed E-state index contributed by atoms with van der Waals surface area (Å²) >= 11 is 1.60. The maximum absolute atomic E-state index is 12.1. The van der Waals surface area contributed by atoms with Gasteiger partial charge in [-0.2, -0.15) is 0 Å². The Morgan fingerprint density at radius 2 is 2.15 bits per heavy atom. The molecule has 0 aliphatic heterocycles. The van der Waals surface area contributed by atoms with Crippen LogP contribution in [-0.4, -0.2) is 20.8 Å². The second kappa shape index (κ2) is 7.13. The number of aryl methyl sites for hydroxylation is 1. The Hall–Kier alpha value is -1.77. The maximum Gasteiger partial charge on any atom is 0.328 e. The number of rotatable bonds is 5. The van der Waals surface area contributed by atoms with Crippen molar-refractivity contribution >= 4 is 11.3 Å². The zero-order valence-corrected chi connectivity index (χ0v) is 12.3. The summed E-state index contributed by atoms with van der Waals surface area (Å²) in [5.74, 6) is 5.96. The molecule has 0 aliphatic rings. The highest BCUT2D eigenvalue weighted by Gasteiger charge is 2.07. The lowest BCUT2D eigenvalue weighted by molar-refractivity contribution is 0.305. The van der Waals surface area contributed by atoms with Gasteiger partial charge in [-0.15, -0.1) is 11.3 Å². The Morgan fingerprint density at radius 1 is 1.35 bits per heavy atom. The van der Waals surface area contributed by atoms with Crippen LogP contribution in [0.1, 0.15) is 30.2 Å². The molecule has 20 heavy (non-hydrogen) atoms. The molecule has 0 saturated heterocycles. The summed E-state index contributed by atoms with van der Waals surface area (Å²) in [6.45, 7) is 3.43. The molecule has 0 bridgehead atoms. The second-order valence-electron chi connectivity index (χ2n) is 4.43. The van der Waals surface area contributed by atoms with Crippen LogP contribution in [0.25, 0.3) is 0 Å². The zero-order chi connectivity index (χ0) is 14.4. The molecule has 0 aliphatic carbocycles. The van der Waals surface area contributed by atoms with Gasteiger partial charge < -0.3 is 5.11 Å². The number of aliphatic hydroxyl groups excluding tert-OH is 1. The molecule has 106 valence electrons. The lowest BCUT2D eigenvalue weighted by Crippen LogP contribution is -2.24. The minimum absolute atomic E-state index is 0.0227. The third-order valence-corrected chi connectivity index (χ3v) is 3.81. The van der Waals surface area contributed by atoms with Crippen molar-refractivity contribution in [1.82, 2.24) is 9.13 Å². The van der Waals surface area contributed by atoms with E-state index in [4.69, 9.17) is 5.11 Å². The molecule has 0 amide bonds. The molecular formula is C15H18N2O2S. The monoisotopic (exact) mass is 290 g/mol. The van der Waals surface area contributed by atoms with E-state index >= 15 is 0 Å². The third kappa shape index (κ3) is 3.41. The van der Waals surface area contributed by atoms with Crippen molar-refractivity contribution in [3.8, 4) is 11.8 Å². The molecule has 5 heteroatoms. The number of hydrogen-bond donors (Lipinski definition) is 1. The molecule has 0 atom stereocenters. The number of aliphatic hydroxyl groups is 1. The van der Waals surface area contributed by atoms with Crippen LogP contribution >= 0.6 is 11.3 Å². The van der Waals surface area contributed by atoms with Crippen LogP contribution in [0, 0.1) is 11.8 Å². The highest BCUT2D eigenvalue weighted by molar-refractivity contribution is 7.10. The Morgan fingerprint density at radius 3 is 2.90 bits per heavy atom. The molecule has 2 heterocycles. The second-order valence-corrected chi connectivity index (χ2v) is 5.44. The zero-order valence-electron chi connectivity index (χ0n) is 11.5. The van der Waals surface area contributed by atoms with Gasteiger partial charge in [0.2, 0.25) is 0 Å².